The van der Waals surface area contributed by atoms with Crippen LogP contribution >= 0.6 is 0 Å². The highest BCUT2D eigenvalue weighted by molar-refractivity contribution is 5.37. The molecule has 0 amide bonds. The minimum atomic E-state index is -0.553. The Morgan fingerprint density at radius 2 is 2.00 bits per heavy atom. The summed E-state index contributed by atoms with van der Waals surface area (Å²) < 4.78 is 27.4. The molecule has 116 valence electrons. The zero-order valence-electron chi connectivity index (χ0n) is 12.4. The zero-order chi connectivity index (χ0) is 15.7. The largest absolute Gasteiger partial charge is 0.391 e. The maximum absolute atomic E-state index is 14.0. The van der Waals surface area contributed by atoms with Crippen molar-refractivity contribution in [1.29, 1.82) is 0 Å². The minimum Gasteiger partial charge on any atom is -0.391 e. The first-order chi connectivity index (χ1) is 10.6. The predicted octanol–water partition coefficient (Wildman–Crippen LogP) is 3.66. The number of benzene rings is 2. The van der Waals surface area contributed by atoms with Gasteiger partial charge in [0.2, 0.25) is 0 Å². The average Bonchev–Trinajstić information content (AvgIpc) is 2.83. The molecule has 2 nitrogen and oxygen atoms in total. The summed E-state index contributed by atoms with van der Waals surface area (Å²) in [5.74, 6) is -0.884. The molecular formula is C18H19F2NO. The van der Waals surface area contributed by atoms with Crippen molar-refractivity contribution < 1.29 is 13.9 Å². The van der Waals surface area contributed by atoms with Crippen molar-refractivity contribution >= 4 is 0 Å². The monoisotopic (exact) mass is 303 g/mol. The van der Waals surface area contributed by atoms with E-state index < -0.39 is 17.7 Å². The van der Waals surface area contributed by atoms with Crippen LogP contribution in [0.25, 0.3) is 0 Å². The third kappa shape index (κ3) is 2.76. The lowest BCUT2D eigenvalue weighted by Crippen LogP contribution is -2.32. The van der Waals surface area contributed by atoms with Gasteiger partial charge in [-0.1, -0.05) is 31.2 Å². The summed E-state index contributed by atoms with van der Waals surface area (Å²) in [6.07, 6.45) is 0.629. The molecule has 2 aromatic carbocycles. The molecular weight excluding hydrogens is 284 g/mol. The molecule has 3 atom stereocenters. The first kappa shape index (κ1) is 15.1. The third-order valence-corrected chi connectivity index (χ3v) is 4.33. The predicted molar refractivity (Wildman–Crippen MR) is 81.4 cm³/mol. The van der Waals surface area contributed by atoms with Crippen LogP contribution in [0.5, 0.6) is 0 Å². The van der Waals surface area contributed by atoms with E-state index in [1.165, 1.54) is 6.07 Å². The molecule has 0 spiro atoms. The van der Waals surface area contributed by atoms with E-state index in [0.717, 1.165) is 23.3 Å². The van der Waals surface area contributed by atoms with E-state index in [-0.39, 0.29) is 12.1 Å². The zero-order valence-corrected chi connectivity index (χ0v) is 12.4. The van der Waals surface area contributed by atoms with Crippen LogP contribution in [0.3, 0.4) is 0 Å². The summed E-state index contributed by atoms with van der Waals surface area (Å²) in [6, 6.07) is 10.7. The highest BCUT2D eigenvalue weighted by Crippen LogP contribution is 2.34. The van der Waals surface area contributed by atoms with Crippen LogP contribution in [-0.2, 0) is 6.42 Å². The van der Waals surface area contributed by atoms with Gasteiger partial charge in [-0.2, -0.15) is 0 Å². The molecule has 0 saturated carbocycles. The molecule has 1 aliphatic rings. The first-order valence-electron chi connectivity index (χ1n) is 7.57. The lowest BCUT2D eigenvalue weighted by molar-refractivity contribution is 0.133. The molecule has 0 heterocycles. The molecule has 2 aromatic rings. The van der Waals surface area contributed by atoms with Gasteiger partial charge in [-0.3, -0.25) is 0 Å². The van der Waals surface area contributed by atoms with E-state index in [4.69, 9.17) is 0 Å². The normalized spacial score (nSPS) is 21.6. The van der Waals surface area contributed by atoms with Crippen molar-refractivity contribution in [2.45, 2.75) is 38.0 Å². The van der Waals surface area contributed by atoms with Crippen LogP contribution in [0.4, 0.5) is 8.78 Å². The lowest BCUT2D eigenvalue weighted by Gasteiger charge is -2.25. The van der Waals surface area contributed by atoms with Crippen molar-refractivity contribution in [3.05, 3.63) is 70.8 Å². The standard InChI is InChI=1S/C18H19F2NO/c1-2-16(14-10-12(19)7-8-15(14)20)21-18-13-6-4-3-5-11(13)9-17(18)22/h3-8,10,16-18,21-22H,2,9H2,1H3. The number of hydrogen-bond acceptors (Lipinski definition) is 2. The van der Waals surface area contributed by atoms with Crippen LogP contribution in [0.2, 0.25) is 0 Å². The second-order valence-electron chi connectivity index (χ2n) is 5.74. The van der Waals surface area contributed by atoms with Crippen LogP contribution < -0.4 is 5.32 Å². The van der Waals surface area contributed by atoms with Crippen LogP contribution in [0, 0.1) is 11.6 Å². The quantitative estimate of drug-likeness (QED) is 0.903. The number of aliphatic hydroxyl groups is 1. The Labute approximate surface area is 128 Å². The fourth-order valence-electron chi connectivity index (χ4n) is 3.20. The second-order valence-corrected chi connectivity index (χ2v) is 5.74. The number of fused-ring (bicyclic) bond motifs is 1. The SMILES string of the molecule is CCC(NC1c2ccccc2CC1O)c1cc(F)ccc1F. The van der Waals surface area contributed by atoms with E-state index in [9.17, 15) is 13.9 Å². The van der Waals surface area contributed by atoms with E-state index in [2.05, 4.69) is 5.32 Å². The molecule has 0 bridgehead atoms. The van der Waals surface area contributed by atoms with E-state index in [1.807, 2.05) is 31.2 Å². The molecule has 0 radical (unpaired) electrons. The van der Waals surface area contributed by atoms with Gasteiger partial charge in [-0.15, -0.1) is 0 Å². The Morgan fingerprint density at radius 1 is 1.23 bits per heavy atom. The van der Waals surface area contributed by atoms with Gasteiger partial charge in [-0.05, 0) is 35.7 Å². The molecule has 2 N–H and O–H groups in total. The van der Waals surface area contributed by atoms with Crippen molar-refractivity contribution in [1.82, 2.24) is 5.32 Å². The van der Waals surface area contributed by atoms with Gasteiger partial charge < -0.3 is 10.4 Å². The van der Waals surface area contributed by atoms with Crippen LogP contribution in [0.1, 0.15) is 42.1 Å². The molecule has 22 heavy (non-hydrogen) atoms. The lowest BCUT2D eigenvalue weighted by atomic mass is 10.00. The van der Waals surface area contributed by atoms with Crippen LogP contribution in [0.15, 0.2) is 42.5 Å². The van der Waals surface area contributed by atoms with Gasteiger partial charge in [0.05, 0.1) is 12.1 Å². The van der Waals surface area contributed by atoms with E-state index in [1.54, 1.807) is 0 Å². The second kappa shape index (κ2) is 6.15. The Morgan fingerprint density at radius 3 is 2.77 bits per heavy atom. The highest BCUT2D eigenvalue weighted by atomic mass is 19.1. The van der Waals surface area contributed by atoms with Crippen molar-refractivity contribution in [2.24, 2.45) is 0 Å². The molecule has 0 aliphatic heterocycles. The number of nitrogens with one attached hydrogen (secondary N) is 1. The third-order valence-electron chi connectivity index (χ3n) is 4.33. The number of halogens is 2. The number of rotatable bonds is 4. The van der Waals surface area contributed by atoms with Gasteiger partial charge in [0.1, 0.15) is 11.6 Å². The van der Waals surface area contributed by atoms with E-state index in [0.29, 0.717) is 18.4 Å². The smallest absolute Gasteiger partial charge is 0.128 e. The summed E-state index contributed by atoms with van der Waals surface area (Å²) in [4.78, 5) is 0. The van der Waals surface area contributed by atoms with Crippen LogP contribution in [-0.4, -0.2) is 11.2 Å². The van der Waals surface area contributed by atoms with Gasteiger partial charge in [0.15, 0.2) is 0 Å². The number of aliphatic hydroxyl groups excluding tert-OH is 1. The maximum atomic E-state index is 14.0. The highest BCUT2D eigenvalue weighted by Gasteiger charge is 2.32. The maximum Gasteiger partial charge on any atom is 0.128 e. The summed E-state index contributed by atoms with van der Waals surface area (Å²) in [5.41, 5.74) is 2.44. The number of hydrogen-bond donors (Lipinski definition) is 2. The fourth-order valence-corrected chi connectivity index (χ4v) is 3.20. The van der Waals surface area contributed by atoms with Crippen molar-refractivity contribution in [3.8, 4) is 0 Å². The van der Waals surface area contributed by atoms with E-state index >= 15 is 0 Å². The molecule has 0 fully saturated rings. The molecule has 0 saturated heterocycles. The molecule has 3 rings (SSSR count). The minimum absolute atomic E-state index is 0.260. The Hall–Kier alpha value is -1.78. The van der Waals surface area contributed by atoms with Gasteiger partial charge in [-0.25, -0.2) is 8.78 Å². The molecule has 0 aromatic heterocycles. The van der Waals surface area contributed by atoms with Crippen molar-refractivity contribution in [2.75, 3.05) is 0 Å². The summed E-state index contributed by atoms with van der Waals surface area (Å²) in [5, 5.41) is 13.6. The van der Waals surface area contributed by atoms with Gasteiger partial charge >= 0.3 is 0 Å². The summed E-state index contributed by atoms with van der Waals surface area (Å²) in [6.45, 7) is 1.91. The van der Waals surface area contributed by atoms with Gasteiger partial charge in [0.25, 0.3) is 0 Å². The Bertz CT molecular complexity index is 674. The first-order valence-corrected chi connectivity index (χ1v) is 7.57. The van der Waals surface area contributed by atoms with Crippen molar-refractivity contribution in [3.63, 3.8) is 0 Å². The topological polar surface area (TPSA) is 32.3 Å². The Kier molecular flexibility index (Phi) is 4.23. The molecule has 1 aliphatic carbocycles. The molecule has 4 heteroatoms. The summed E-state index contributed by atoms with van der Waals surface area (Å²) >= 11 is 0. The Balaban J connectivity index is 1.89. The fraction of sp³-hybridized carbons (Fsp3) is 0.333. The average molecular weight is 303 g/mol. The summed E-state index contributed by atoms with van der Waals surface area (Å²) in [7, 11) is 0. The van der Waals surface area contributed by atoms with Gasteiger partial charge in [0, 0.05) is 18.0 Å². The molecule has 3 unspecified atom stereocenters.